The molecule has 0 aromatic carbocycles. The second-order valence-electron chi connectivity index (χ2n) is 5.25. The highest BCUT2D eigenvalue weighted by molar-refractivity contribution is 5.22. The molecule has 0 saturated heterocycles. The Labute approximate surface area is 98.2 Å². The third-order valence-corrected chi connectivity index (χ3v) is 1.96. The van der Waals surface area contributed by atoms with Crippen LogP contribution in [0.2, 0.25) is 0 Å². The van der Waals surface area contributed by atoms with Gasteiger partial charge in [0.15, 0.2) is 0 Å². The Morgan fingerprint density at radius 2 is 2.06 bits per heavy atom. The first-order valence-electron chi connectivity index (χ1n) is 5.73. The number of hydrogen-bond acceptors (Lipinski definition) is 3. The van der Waals surface area contributed by atoms with Crippen LogP contribution < -0.4 is 10.1 Å². The molecule has 0 radical (unpaired) electrons. The lowest BCUT2D eigenvalue weighted by molar-refractivity contribution is 0.241. The normalized spacial score (nSPS) is 11.9. The van der Waals surface area contributed by atoms with Gasteiger partial charge in [0.1, 0.15) is 5.75 Å². The minimum atomic E-state index is 0.108. The SMILES string of the molecule is CC(C)Oc1ccnc(CNC(C)(C)C)c1. The molecule has 1 N–H and O–H groups in total. The average molecular weight is 222 g/mol. The van der Waals surface area contributed by atoms with E-state index in [0.717, 1.165) is 18.0 Å². The number of ether oxygens (including phenoxy) is 1. The molecule has 0 amide bonds. The van der Waals surface area contributed by atoms with Crippen LogP contribution in [0.3, 0.4) is 0 Å². The summed E-state index contributed by atoms with van der Waals surface area (Å²) in [5.74, 6) is 0.885. The topological polar surface area (TPSA) is 34.1 Å². The van der Waals surface area contributed by atoms with Crippen molar-refractivity contribution in [3.05, 3.63) is 24.0 Å². The fraction of sp³-hybridized carbons (Fsp3) is 0.615. The molecular weight excluding hydrogens is 200 g/mol. The molecule has 0 spiro atoms. The highest BCUT2D eigenvalue weighted by Gasteiger charge is 2.09. The van der Waals surface area contributed by atoms with Gasteiger partial charge in [0.05, 0.1) is 11.8 Å². The van der Waals surface area contributed by atoms with Crippen LogP contribution in [0.25, 0.3) is 0 Å². The summed E-state index contributed by atoms with van der Waals surface area (Å²) >= 11 is 0. The van der Waals surface area contributed by atoms with Crippen molar-refractivity contribution < 1.29 is 4.74 Å². The first-order chi connectivity index (χ1) is 7.37. The van der Waals surface area contributed by atoms with E-state index in [9.17, 15) is 0 Å². The van der Waals surface area contributed by atoms with Gasteiger partial charge in [-0.1, -0.05) is 0 Å². The van der Waals surface area contributed by atoms with Gasteiger partial charge in [-0.25, -0.2) is 0 Å². The molecule has 0 unspecified atom stereocenters. The molecule has 1 aromatic rings. The summed E-state index contributed by atoms with van der Waals surface area (Å²) < 4.78 is 5.62. The minimum absolute atomic E-state index is 0.108. The molecule has 1 heterocycles. The van der Waals surface area contributed by atoms with E-state index in [1.807, 2.05) is 26.0 Å². The van der Waals surface area contributed by atoms with Crippen molar-refractivity contribution in [2.45, 2.75) is 52.8 Å². The largest absolute Gasteiger partial charge is 0.491 e. The second-order valence-corrected chi connectivity index (χ2v) is 5.25. The smallest absolute Gasteiger partial charge is 0.123 e. The fourth-order valence-electron chi connectivity index (χ4n) is 1.25. The molecule has 1 rings (SSSR count). The minimum Gasteiger partial charge on any atom is -0.491 e. The van der Waals surface area contributed by atoms with Gasteiger partial charge in [0.25, 0.3) is 0 Å². The molecule has 0 atom stereocenters. The van der Waals surface area contributed by atoms with Crippen molar-refractivity contribution in [3.8, 4) is 5.75 Å². The summed E-state index contributed by atoms with van der Waals surface area (Å²) in [5.41, 5.74) is 1.12. The van der Waals surface area contributed by atoms with Gasteiger partial charge in [-0.05, 0) is 40.7 Å². The van der Waals surface area contributed by atoms with Crippen LogP contribution in [0.5, 0.6) is 5.75 Å². The zero-order valence-electron chi connectivity index (χ0n) is 10.9. The van der Waals surface area contributed by atoms with Gasteiger partial charge in [-0.3, -0.25) is 4.98 Å². The molecule has 0 saturated carbocycles. The maximum atomic E-state index is 5.62. The van der Waals surface area contributed by atoms with Crippen LogP contribution in [0.15, 0.2) is 18.3 Å². The second kappa shape index (κ2) is 5.30. The van der Waals surface area contributed by atoms with Crippen molar-refractivity contribution in [1.29, 1.82) is 0 Å². The molecular formula is C13H22N2O. The third kappa shape index (κ3) is 5.12. The van der Waals surface area contributed by atoms with Gasteiger partial charge >= 0.3 is 0 Å². The number of rotatable bonds is 4. The fourth-order valence-corrected chi connectivity index (χ4v) is 1.25. The number of hydrogen-bond donors (Lipinski definition) is 1. The van der Waals surface area contributed by atoms with E-state index in [1.54, 1.807) is 6.20 Å². The molecule has 16 heavy (non-hydrogen) atoms. The first-order valence-corrected chi connectivity index (χ1v) is 5.73. The van der Waals surface area contributed by atoms with Crippen molar-refractivity contribution in [2.75, 3.05) is 0 Å². The Balaban J connectivity index is 2.60. The first kappa shape index (κ1) is 13.0. The van der Waals surface area contributed by atoms with E-state index in [4.69, 9.17) is 4.74 Å². The molecule has 90 valence electrons. The van der Waals surface area contributed by atoms with E-state index >= 15 is 0 Å². The van der Waals surface area contributed by atoms with Crippen molar-refractivity contribution in [3.63, 3.8) is 0 Å². The van der Waals surface area contributed by atoms with Crippen LogP contribution in [0.4, 0.5) is 0 Å². The molecule has 3 heteroatoms. The summed E-state index contributed by atoms with van der Waals surface area (Å²) in [5, 5.41) is 3.40. The van der Waals surface area contributed by atoms with Gasteiger partial charge in [-0.15, -0.1) is 0 Å². The van der Waals surface area contributed by atoms with Gasteiger partial charge in [0, 0.05) is 24.3 Å². The zero-order chi connectivity index (χ0) is 12.2. The van der Waals surface area contributed by atoms with E-state index in [0.29, 0.717) is 0 Å². The summed E-state index contributed by atoms with van der Waals surface area (Å²) in [6.07, 6.45) is 1.99. The Morgan fingerprint density at radius 3 is 2.62 bits per heavy atom. The Kier molecular flexibility index (Phi) is 4.30. The summed E-state index contributed by atoms with van der Waals surface area (Å²) in [4.78, 5) is 4.31. The van der Waals surface area contributed by atoms with E-state index in [-0.39, 0.29) is 11.6 Å². The predicted molar refractivity (Wildman–Crippen MR) is 66.6 cm³/mol. The Morgan fingerprint density at radius 1 is 1.38 bits per heavy atom. The molecule has 1 aromatic heterocycles. The van der Waals surface area contributed by atoms with Gasteiger partial charge in [-0.2, -0.15) is 0 Å². The third-order valence-electron chi connectivity index (χ3n) is 1.96. The predicted octanol–water partition coefficient (Wildman–Crippen LogP) is 2.76. The van der Waals surface area contributed by atoms with E-state index in [1.165, 1.54) is 0 Å². The molecule has 0 aliphatic carbocycles. The van der Waals surface area contributed by atoms with Gasteiger partial charge in [0.2, 0.25) is 0 Å². The number of nitrogens with one attached hydrogen (secondary N) is 1. The maximum absolute atomic E-state index is 5.62. The lowest BCUT2D eigenvalue weighted by Crippen LogP contribution is -2.35. The van der Waals surface area contributed by atoms with Crippen LogP contribution in [-0.2, 0) is 6.54 Å². The summed E-state index contributed by atoms with van der Waals surface area (Å²) in [7, 11) is 0. The van der Waals surface area contributed by atoms with E-state index in [2.05, 4.69) is 31.1 Å². The van der Waals surface area contributed by atoms with Crippen LogP contribution in [0, 0.1) is 0 Å². The van der Waals surface area contributed by atoms with Crippen LogP contribution in [0.1, 0.15) is 40.3 Å². The Hall–Kier alpha value is -1.09. The van der Waals surface area contributed by atoms with Crippen molar-refractivity contribution >= 4 is 0 Å². The summed E-state index contributed by atoms with van der Waals surface area (Å²) in [6.45, 7) is 11.2. The van der Waals surface area contributed by atoms with Crippen molar-refractivity contribution in [1.82, 2.24) is 10.3 Å². The lowest BCUT2D eigenvalue weighted by Gasteiger charge is -2.20. The monoisotopic (exact) mass is 222 g/mol. The standard InChI is InChI=1S/C13H22N2O/c1-10(2)16-12-6-7-14-11(8-12)9-15-13(3,4)5/h6-8,10,15H,9H2,1-5H3. The number of pyridine rings is 1. The van der Waals surface area contributed by atoms with E-state index < -0.39 is 0 Å². The Bertz CT molecular complexity index is 329. The highest BCUT2D eigenvalue weighted by atomic mass is 16.5. The van der Waals surface area contributed by atoms with Crippen molar-refractivity contribution in [2.24, 2.45) is 0 Å². The molecule has 0 aliphatic rings. The lowest BCUT2D eigenvalue weighted by atomic mass is 10.1. The zero-order valence-corrected chi connectivity index (χ0v) is 10.9. The number of nitrogens with zero attached hydrogens (tertiary/aromatic N) is 1. The maximum Gasteiger partial charge on any atom is 0.123 e. The summed E-state index contributed by atoms with van der Waals surface area (Å²) in [6, 6.07) is 3.87. The molecule has 0 aliphatic heterocycles. The highest BCUT2D eigenvalue weighted by Crippen LogP contribution is 2.13. The average Bonchev–Trinajstić information content (AvgIpc) is 2.13. The quantitative estimate of drug-likeness (QED) is 0.850. The molecule has 0 fully saturated rings. The number of aromatic nitrogens is 1. The molecule has 3 nitrogen and oxygen atoms in total. The van der Waals surface area contributed by atoms with Crippen LogP contribution >= 0.6 is 0 Å². The van der Waals surface area contributed by atoms with Gasteiger partial charge < -0.3 is 10.1 Å². The van der Waals surface area contributed by atoms with Crippen LogP contribution in [-0.4, -0.2) is 16.6 Å². The molecule has 0 bridgehead atoms.